The molecule has 0 aromatic carbocycles. The Hall–Kier alpha value is -1.36. The summed E-state index contributed by atoms with van der Waals surface area (Å²) in [4.78, 5) is 26.8. The van der Waals surface area contributed by atoms with Crippen molar-refractivity contribution in [2.45, 2.75) is 39.2 Å². The van der Waals surface area contributed by atoms with Crippen LogP contribution >= 0.6 is 11.3 Å². The van der Waals surface area contributed by atoms with Gasteiger partial charge in [0.1, 0.15) is 5.60 Å². The van der Waals surface area contributed by atoms with E-state index in [1.165, 1.54) is 11.3 Å². The van der Waals surface area contributed by atoms with Gasteiger partial charge in [0.05, 0.1) is 4.88 Å². The molecular formula is C15H21NO3S. The van der Waals surface area contributed by atoms with Crippen LogP contribution in [0.1, 0.15) is 43.3 Å². The molecule has 0 N–H and O–H groups in total. The number of rotatable bonds is 2. The number of Topliss-reactive ketones (excluding diaryl/α,β-unsaturated/α-hetero) is 1. The molecule has 1 amide bonds. The van der Waals surface area contributed by atoms with Crippen molar-refractivity contribution in [2.24, 2.45) is 5.92 Å². The average Bonchev–Trinajstić information content (AvgIpc) is 2.90. The first-order valence-electron chi connectivity index (χ1n) is 6.92. The summed E-state index contributed by atoms with van der Waals surface area (Å²) in [6.45, 7) is 6.68. The Morgan fingerprint density at radius 3 is 2.75 bits per heavy atom. The molecule has 1 unspecified atom stereocenters. The minimum atomic E-state index is -0.498. The first kappa shape index (κ1) is 15.0. The quantitative estimate of drug-likeness (QED) is 0.783. The average molecular weight is 295 g/mol. The molecule has 4 nitrogen and oxygen atoms in total. The molecule has 1 aliphatic heterocycles. The van der Waals surface area contributed by atoms with E-state index in [-0.39, 0.29) is 17.8 Å². The molecule has 1 fully saturated rings. The standard InChI is InChI=1S/C15H21NO3S/c1-15(2,3)19-14(18)16-8-4-6-11(10-16)13(17)12-7-5-9-20-12/h5,7,9,11H,4,6,8,10H2,1-3H3. The lowest BCUT2D eigenvalue weighted by atomic mass is 9.93. The smallest absolute Gasteiger partial charge is 0.410 e. The lowest BCUT2D eigenvalue weighted by Gasteiger charge is -2.33. The topological polar surface area (TPSA) is 46.6 Å². The molecule has 1 aromatic rings. The fourth-order valence-electron chi connectivity index (χ4n) is 2.30. The van der Waals surface area contributed by atoms with Crippen LogP contribution in [0.5, 0.6) is 0 Å². The van der Waals surface area contributed by atoms with Gasteiger partial charge in [-0.1, -0.05) is 6.07 Å². The Morgan fingerprint density at radius 1 is 1.40 bits per heavy atom. The van der Waals surface area contributed by atoms with E-state index < -0.39 is 5.60 Å². The molecule has 1 aromatic heterocycles. The van der Waals surface area contributed by atoms with Crippen molar-refractivity contribution in [2.75, 3.05) is 13.1 Å². The Kier molecular flexibility index (Phi) is 4.48. The molecule has 0 radical (unpaired) electrons. The van der Waals surface area contributed by atoms with Gasteiger partial charge in [-0.15, -0.1) is 11.3 Å². The second kappa shape index (κ2) is 5.95. The number of ether oxygens (including phenoxy) is 1. The van der Waals surface area contributed by atoms with Crippen LogP contribution in [0.3, 0.4) is 0 Å². The maximum Gasteiger partial charge on any atom is 0.410 e. The molecule has 0 aliphatic carbocycles. The van der Waals surface area contributed by atoms with Gasteiger partial charge in [0.2, 0.25) is 0 Å². The number of piperidine rings is 1. The number of carbonyl (C=O) groups is 2. The first-order chi connectivity index (χ1) is 9.37. The third kappa shape index (κ3) is 3.82. The van der Waals surface area contributed by atoms with Crippen LogP contribution in [-0.4, -0.2) is 35.5 Å². The van der Waals surface area contributed by atoms with Gasteiger partial charge < -0.3 is 9.64 Å². The second-order valence-corrected chi connectivity index (χ2v) is 7.05. The third-order valence-electron chi connectivity index (χ3n) is 3.21. The molecule has 1 saturated heterocycles. The number of carbonyl (C=O) groups excluding carboxylic acids is 2. The summed E-state index contributed by atoms with van der Waals surface area (Å²) in [6, 6.07) is 3.73. The molecule has 5 heteroatoms. The van der Waals surface area contributed by atoms with Gasteiger partial charge in [-0.25, -0.2) is 4.79 Å². The summed E-state index contributed by atoms with van der Waals surface area (Å²) in [5.41, 5.74) is -0.498. The molecule has 2 rings (SSSR count). The lowest BCUT2D eigenvalue weighted by Crippen LogP contribution is -2.44. The predicted molar refractivity (Wildman–Crippen MR) is 79.2 cm³/mol. The van der Waals surface area contributed by atoms with E-state index in [1.54, 1.807) is 4.90 Å². The van der Waals surface area contributed by atoms with Crippen molar-refractivity contribution in [1.29, 1.82) is 0 Å². The van der Waals surface area contributed by atoms with Gasteiger partial charge in [0.15, 0.2) is 5.78 Å². The fourth-order valence-corrected chi connectivity index (χ4v) is 3.05. The van der Waals surface area contributed by atoms with Crippen LogP contribution in [0.15, 0.2) is 17.5 Å². The molecule has 110 valence electrons. The van der Waals surface area contributed by atoms with Crippen molar-refractivity contribution in [3.8, 4) is 0 Å². The van der Waals surface area contributed by atoms with Gasteiger partial charge in [0.25, 0.3) is 0 Å². The predicted octanol–water partition coefficient (Wildman–Crippen LogP) is 3.58. The molecule has 0 bridgehead atoms. The Morgan fingerprint density at radius 2 is 2.15 bits per heavy atom. The highest BCUT2D eigenvalue weighted by Gasteiger charge is 2.31. The van der Waals surface area contributed by atoms with Crippen LogP contribution in [0.4, 0.5) is 4.79 Å². The maximum absolute atomic E-state index is 12.3. The van der Waals surface area contributed by atoms with Crippen molar-refractivity contribution in [3.05, 3.63) is 22.4 Å². The van der Waals surface area contributed by atoms with Gasteiger partial charge in [-0.3, -0.25) is 4.79 Å². The molecule has 0 saturated carbocycles. The number of amides is 1. The first-order valence-corrected chi connectivity index (χ1v) is 7.80. The summed E-state index contributed by atoms with van der Waals surface area (Å²) >= 11 is 1.46. The zero-order valence-electron chi connectivity index (χ0n) is 12.2. The van der Waals surface area contributed by atoms with E-state index in [1.807, 2.05) is 38.3 Å². The van der Waals surface area contributed by atoms with Crippen LogP contribution in [0, 0.1) is 5.92 Å². The number of hydrogen-bond acceptors (Lipinski definition) is 4. The van der Waals surface area contributed by atoms with E-state index in [2.05, 4.69) is 0 Å². The van der Waals surface area contributed by atoms with E-state index >= 15 is 0 Å². The summed E-state index contributed by atoms with van der Waals surface area (Å²) in [5.74, 6) is 0.0446. The molecule has 2 heterocycles. The molecular weight excluding hydrogens is 274 g/mol. The van der Waals surface area contributed by atoms with Crippen LogP contribution in [0.25, 0.3) is 0 Å². The number of thiophene rings is 1. The molecule has 1 aliphatic rings. The summed E-state index contributed by atoms with van der Waals surface area (Å²) in [6.07, 6.45) is 1.37. The molecule has 1 atom stereocenters. The van der Waals surface area contributed by atoms with E-state index in [9.17, 15) is 9.59 Å². The van der Waals surface area contributed by atoms with Gasteiger partial charge in [-0.05, 0) is 45.1 Å². The third-order valence-corrected chi connectivity index (χ3v) is 4.09. The second-order valence-electron chi connectivity index (χ2n) is 6.11. The number of likely N-dealkylation sites (tertiary alicyclic amines) is 1. The largest absolute Gasteiger partial charge is 0.444 e. The fraction of sp³-hybridized carbons (Fsp3) is 0.600. The normalized spacial score (nSPS) is 19.8. The van der Waals surface area contributed by atoms with Gasteiger partial charge >= 0.3 is 6.09 Å². The van der Waals surface area contributed by atoms with Crippen molar-refractivity contribution in [3.63, 3.8) is 0 Å². The highest BCUT2D eigenvalue weighted by Crippen LogP contribution is 2.24. The van der Waals surface area contributed by atoms with Crippen molar-refractivity contribution in [1.82, 2.24) is 4.90 Å². The van der Waals surface area contributed by atoms with Gasteiger partial charge in [0, 0.05) is 19.0 Å². The molecule has 0 spiro atoms. The molecule has 20 heavy (non-hydrogen) atoms. The summed E-state index contributed by atoms with van der Waals surface area (Å²) in [5, 5.41) is 1.90. The van der Waals surface area contributed by atoms with Gasteiger partial charge in [-0.2, -0.15) is 0 Å². The zero-order chi connectivity index (χ0) is 14.8. The Bertz CT molecular complexity index is 476. The summed E-state index contributed by atoms with van der Waals surface area (Å²) < 4.78 is 5.37. The summed E-state index contributed by atoms with van der Waals surface area (Å²) in [7, 11) is 0. The van der Waals surface area contributed by atoms with Crippen LogP contribution in [-0.2, 0) is 4.74 Å². The Balaban J connectivity index is 1.98. The lowest BCUT2D eigenvalue weighted by molar-refractivity contribution is 0.0172. The monoisotopic (exact) mass is 295 g/mol. The van der Waals surface area contributed by atoms with Crippen molar-refractivity contribution >= 4 is 23.2 Å². The van der Waals surface area contributed by atoms with E-state index in [0.29, 0.717) is 13.1 Å². The Labute approximate surface area is 123 Å². The van der Waals surface area contributed by atoms with Crippen molar-refractivity contribution < 1.29 is 14.3 Å². The zero-order valence-corrected chi connectivity index (χ0v) is 13.0. The van der Waals surface area contributed by atoms with Crippen LogP contribution < -0.4 is 0 Å². The minimum absolute atomic E-state index is 0.102. The maximum atomic E-state index is 12.3. The van der Waals surface area contributed by atoms with E-state index in [0.717, 1.165) is 17.7 Å². The minimum Gasteiger partial charge on any atom is -0.444 e. The van der Waals surface area contributed by atoms with E-state index in [4.69, 9.17) is 4.74 Å². The SMILES string of the molecule is CC(C)(C)OC(=O)N1CCCC(C(=O)c2cccs2)C1. The number of ketones is 1. The number of hydrogen-bond donors (Lipinski definition) is 0. The highest BCUT2D eigenvalue weighted by molar-refractivity contribution is 7.12. The highest BCUT2D eigenvalue weighted by atomic mass is 32.1. The number of nitrogens with zero attached hydrogens (tertiary/aromatic N) is 1. The van der Waals surface area contributed by atoms with Crippen LogP contribution in [0.2, 0.25) is 0 Å².